The molecule has 0 spiro atoms. The molecule has 1 aliphatic heterocycles. The van der Waals surface area contributed by atoms with E-state index in [1.54, 1.807) is 13.0 Å². The van der Waals surface area contributed by atoms with Crippen LogP contribution in [0.2, 0.25) is 0 Å². The second-order valence-electron chi connectivity index (χ2n) is 8.73. The average Bonchev–Trinajstić information content (AvgIpc) is 2.84. The molecule has 1 aromatic heterocycles. The number of aromatic nitrogens is 1. The second-order valence-corrected chi connectivity index (χ2v) is 8.73. The first-order valence-electron chi connectivity index (χ1n) is 11.4. The zero-order valence-corrected chi connectivity index (χ0v) is 19.4. The highest BCUT2D eigenvalue weighted by Crippen LogP contribution is 2.36. The van der Waals surface area contributed by atoms with Gasteiger partial charge in [-0.1, -0.05) is 30.3 Å². The molecule has 7 nitrogen and oxygen atoms in total. The monoisotopic (exact) mass is 453 g/mol. The van der Waals surface area contributed by atoms with Gasteiger partial charge in [0.05, 0.1) is 16.9 Å². The molecule has 2 N–H and O–H groups in total. The number of fused-ring (bicyclic) bond motifs is 2. The number of amides is 2. The number of benzene rings is 3. The maximum atomic E-state index is 12.8. The van der Waals surface area contributed by atoms with Gasteiger partial charge in [-0.2, -0.15) is 0 Å². The van der Waals surface area contributed by atoms with E-state index >= 15 is 0 Å². The summed E-state index contributed by atoms with van der Waals surface area (Å²) in [5.74, 6) is -0.0260. The van der Waals surface area contributed by atoms with E-state index in [1.807, 2.05) is 60.8 Å². The number of rotatable bonds is 4. The van der Waals surface area contributed by atoms with Gasteiger partial charge in [-0.15, -0.1) is 0 Å². The summed E-state index contributed by atoms with van der Waals surface area (Å²) in [5, 5.41) is 2.55. The predicted octanol–water partition coefficient (Wildman–Crippen LogP) is 4.56. The minimum Gasteiger partial charge on any atom is -0.368 e. The lowest BCUT2D eigenvalue weighted by atomic mass is 10.00. The Bertz CT molecular complexity index is 1410. The molecule has 4 aromatic rings. The number of piperazine rings is 1. The Labute approximate surface area is 198 Å². The lowest BCUT2D eigenvalue weighted by Crippen LogP contribution is -2.44. The number of nitrogens with zero attached hydrogens (tertiary/aromatic N) is 4. The standard InChI is InChI=1S/C27H27N5O2/c1-18(33)20-5-3-7-22-21(20)6-4-8-26(22)32(27(28)34)19-9-10-24-23(17-19)25(11-12-29-24)31-15-13-30(2)14-16-31/h3-12,17H,13-16H2,1-2H3,(H2,28,34). The summed E-state index contributed by atoms with van der Waals surface area (Å²) >= 11 is 0. The normalized spacial score (nSPS) is 14.5. The van der Waals surface area contributed by atoms with E-state index in [9.17, 15) is 9.59 Å². The van der Waals surface area contributed by atoms with Crippen LogP contribution in [0.4, 0.5) is 21.9 Å². The number of urea groups is 1. The predicted molar refractivity (Wildman–Crippen MR) is 137 cm³/mol. The fraction of sp³-hybridized carbons (Fsp3) is 0.222. The summed E-state index contributed by atoms with van der Waals surface area (Å²) in [7, 11) is 2.13. The molecule has 5 rings (SSSR count). The lowest BCUT2D eigenvalue weighted by molar-refractivity contribution is 0.101. The molecule has 3 aromatic carbocycles. The van der Waals surface area contributed by atoms with E-state index in [-0.39, 0.29) is 5.78 Å². The van der Waals surface area contributed by atoms with Crippen molar-refractivity contribution >= 4 is 50.6 Å². The maximum absolute atomic E-state index is 12.8. The van der Waals surface area contributed by atoms with Crippen molar-refractivity contribution in [1.29, 1.82) is 0 Å². The minimum atomic E-state index is -0.592. The third-order valence-corrected chi connectivity index (χ3v) is 6.54. The zero-order chi connectivity index (χ0) is 23.8. The van der Waals surface area contributed by atoms with Gasteiger partial charge < -0.3 is 15.5 Å². The van der Waals surface area contributed by atoms with Crippen LogP contribution in [0.5, 0.6) is 0 Å². The molecule has 0 atom stereocenters. The molecule has 0 bridgehead atoms. The largest absolute Gasteiger partial charge is 0.368 e. The molecule has 172 valence electrons. The zero-order valence-electron chi connectivity index (χ0n) is 19.4. The van der Waals surface area contributed by atoms with Crippen LogP contribution < -0.4 is 15.5 Å². The van der Waals surface area contributed by atoms with Crippen molar-refractivity contribution in [1.82, 2.24) is 9.88 Å². The van der Waals surface area contributed by atoms with Crippen molar-refractivity contribution in [3.8, 4) is 0 Å². The molecule has 1 saturated heterocycles. The van der Waals surface area contributed by atoms with Crippen molar-refractivity contribution in [3.63, 3.8) is 0 Å². The third kappa shape index (κ3) is 3.84. The van der Waals surface area contributed by atoms with Gasteiger partial charge in [0, 0.05) is 54.4 Å². The van der Waals surface area contributed by atoms with Crippen LogP contribution >= 0.6 is 0 Å². The van der Waals surface area contributed by atoms with Crippen molar-refractivity contribution in [2.45, 2.75) is 6.92 Å². The first-order valence-corrected chi connectivity index (χ1v) is 11.4. The van der Waals surface area contributed by atoms with Gasteiger partial charge in [0.25, 0.3) is 0 Å². The number of nitrogens with two attached hydrogens (primary N) is 1. The molecular weight excluding hydrogens is 426 g/mol. The molecule has 0 aliphatic carbocycles. The van der Waals surface area contributed by atoms with Crippen LogP contribution in [0, 0.1) is 0 Å². The Balaban J connectivity index is 1.66. The SMILES string of the molecule is CC(=O)c1cccc2c(N(C(N)=O)c3ccc4nccc(N5CCN(C)CC5)c4c3)cccc12. The van der Waals surface area contributed by atoms with Gasteiger partial charge in [0.1, 0.15) is 0 Å². The summed E-state index contributed by atoms with van der Waals surface area (Å²) in [4.78, 5) is 35.7. The van der Waals surface area contributed by atoms with Crippen molar-refractivity contribution in [3.05, 3.63) is 72.4 Å². The van der Waals surface area contributed by atoms with Crippen molar-refractivity contribution < 1.29 is 9.59 Å². The van der Waals surface area contributed by atoms with Crippen LogP contribution in [0.15, 0.2) is 66.9 Å². The fourth-order valence-corrected chi connectivity index (χ4v) is 4.76. The Hall–Kier alpha value is -3.97. The van der Waals surface area contributed by atoms with E-state index in [4.69, 9.17) is 5.73 Å². The van der Waals surface area contributed by atoms with E-state index in [2.05, 4.69) is 21.8 Å². The summed E-state index contributed by atoms with van der Waals surface area (Å²) < 4.78 is 0. The molecule has 1 aliphatic rings. The number of pyridine rings is 1. The number of carbonyl (C=O) groups excluding carboxylic acids is 2. The first kappa shape index (κ1) is 21.9. The summed E-state index contributed by atoms with van der Waals surface area (Å²) in [6.07, 6.45) is 1.83. The van der Waals surface area contributed by atoms with Crippen LogP contribution in [0.1, 0.15) is 17.3 Å². The number of primary amides is 1. The van der Waals surface area contributed by atoms with Crippen LogP contribution in [0.3, 0.4) is 0 Å². The van der Waals surface area contributed by atoms with E-state index in [1.165, 1.54) is 4.90 Å². The van der Waals surface area contributed by atoms with Crippen LogP contribution in [-0.2, 0) is 0 Å². The molecule has 2 heterocycles. The van der Waals surface area contributed by atoms with Gasteiger partial charge in [0.2, 0.25) is 0 Å². The van der Waals surface area contributed by atoms with E-state index < -0.39 is 6.03 Å². The third-order valence-electron chi connectivity index (χ3n) is 6.54. The molecular formula is C27H27N5O2. The summed E-state index contributed by atoms with van der Waals surface area (Å²) in [5.41, 5.74) is 9.79. The highest BCUT2D eigenvalue weighted by molar-refractivity contribution is 6.14. The number of anilines is 3. The molecule has 0 saturated carbocycles. The molecule has 7 heteroatoms. The first-order chi connectivity index (χ1) is 16.4. The van der Waals surface area contributed by atoms with Crippen molar-refractivity contribution in [2.24, 2.45) is 5.73 Å². The van der Waals surface area contributed by atoms with E-state index in [0.29, 0.717) is 16.9 Å². The Kier molecular flexibility index (Phi) is 5.63. The summed E-state index contributed by atoms with van der Waals surface area (Å²) in [6, 6.07) is 18.3. The number of likely N-dealkylation sites (N-methyl/N-ethyl adjacent to an activating group) is 1. The number of ketones is 1. The van der Waals surface area contributed by atoms with Crippen LogP contribution in [-0.4, -0.2) is 54.9 Å². The van der Waals surface area contributed by atoms with Gasteiger partial charge >= 0.3 is 6.03 Å². The van der Waals surface area contributed by atoms with E-state index in [0.717, 1.165) is 53.5 Å². The highest BCUT2D eigenvalue weighted by Gasteiger charge is 2.21. The van der Waals surface area contributed by atoms with Gasteiger partial charge in [-0.3, -0.25) is 14.7 Å². The van der Waals surface area contributed by atoms with Crippen LogP contribution in [0.25, 0.3) is 21.7 Å². The molecule has 2 amide bonds. The lowest BCUT2D eigenvalue weighted by Gasteiger charge is -2.34. The Morgan fingerprint density at radius 3 is 2.38 bits per heavy atom. The highest BCUT2D eigenvalue weighted by atomic mass is 16.2. The van der Waals surface area contributed by atoms with Gasteiger partial charge in [0.15, 0.2) is 5.78 Å². The quantitative estimate of drug-likeness (QED) is 0.458. The Morgan fingerprint density at radius 2 is 1.65 bits per heavy atom. The van der Waals surface area contributed by atoms with Crippen molar-refractivity contribution in [2.75, 3.05) is 43.0 Å². The van der Waals surface area contributed by atoms with Gasteiger partial charge in [-0.25, -0.2) is 4.79 Å². The molecule has 0 unspecified atom stereocenters. The topological polar surface area (TPSA) is 82.8 Å². The average molecular weight is 454 g/mol. The number of hydrogen-bond donors (Lipinski definition) is 1. The minimum absolute atomic E-state index is 0.0260. The van der Waals surface area contributed by atoms with Gasteiger partial charge in [-0.05, 0) is 49.7 Å². The Morgan fingerprint density at radius 1 is 0.912 bits per heavy atom. The smallest absolute Gasteiger partial charge is 0.323 e. The fourth-order valence-electron chi connectivity index (χ4n) is 4.76. The molecule has 1 fully saturated rings. The molecule has 0 radical (unpaired) electrons. The molecule has 34 heavy (non-hydrogen) atoms. The maximum Gasteiger partial charge on any atom is 0.323 e. The number of hydrogen-bond acceptors (Lipinski definition) is 5. The second kappa shape index (κ2) is 8.76. The summed E-state index contributed by atoms with van der Waals surface area (Å²) in [6.45, 7) is 5.38. The number of carbonyl (C=O) groups is 2. The number of Topliss-reactive ketones (excluding diaryl/α,β-unsaturated/α-hetero) is 1.